The Hall–Kier alpha value is -2.34. The normalized spacial score (nSPS) is 10.2. The Morgan fingerprint density at radius 1 is 1.14 bits per heavy atom. The number of amides is 1. The number of aromatic carboxylic acids is 1. The van der Waals surface area contributed by atoms with Crippen molar-refractivity contribution in [2.24, 2.45) is 0 Å². The number of benzene rings is 2. The second kappa shape index (κ2) is 5.97. The van der Waals surface area contributed by atoms with Crippen LogP contribution in [-0.4, -0.2) is 22.1 Å². The van der Waals surface area contributed by atoms with Crippen molar-refractivity contribution in [3.63, 3.8) is 0 Å². The maximum Gasteiger partial charge on any atom is 0.336 e. The first-order valence-corrected chi connectivity index (χ1v) is 6.81. The third-order valence-corrected chi connectivity index (χ3v) is 3.61. The Morgan fingerprint density at radius 3 is 2.48 bits per heavy atom. The fraction of sp³-hybridized carbons (Fsp3) is 0.0667. The number of phenols is 1. The number of carbonyl (C=O) groups excluding carboxylic acids is 1. The number of aryl methyl sites for hydroxylation is 1. The molecule has 2 rings (SSSR count). The second-order valence-electron chi connectivity index (χ2n) is 4.46. The number of carboxylic acids is 1. The lowest BCUT2D eigenvalue weighted by Crippen LogP contribution is -2.12. The van der Waals surface area contributed by atoms with Crippen LogP contribution in [-0.2, 0) is 0 Å². The average molecular weight is 350 g/mol. The molecule has 0 spiro atoms. The Morgan fingerprint density at radius 2 is 1.86 bits per heavy atom. The third kappa shape index (κ3) is 3.41. The lowest BCUT2D eigenvalue weighted by Gasteiger charge is -2.08. The van der Waals surface area contributed by atoms with Gasteiger partial charge in [0.25, 0.3) is 5.91 Å². The molecule has 0 aliphatic rings. The van der Waals surface area contributed by atoms with E-state index < -0.39 is 5.97 Å². The van der Waals surface area contributed by atoms with E-state index in [0.717, 1.165) is 0 Å². The standard InChI is InChI=1S/C15H12BrNO4/c1-8-6-9(2-5-13(8)18)14(19)17-10-3-4-12(16)11(7-10)15(20)21/h2-7,18H,1H3,(H,17,19)(H,20,21). The van der Waals surface area contributed by atoms with E-state index in [0.29, 0.717) is 21.3 Å². The second-order valence-corrected chi connectivity index (χ2v) is 5.31. The third-order valence-electron chi connectivity index (χ3n) is 2.91. The Bertz CT molecular complexity index is 728. The molecule has 21 heavy (non-hydrogen) atoms. The van der Waals surface area contributed by atoms with Crippen LogP contribution in [0.15, 0.2) is 40.9 Å². The number of carboxylic acid groups (broad SMARTS) is 1. The van der Waals surface area contributed by atoms with E-state index in [1.54, 1.807) is 25.1 Å². The van der Waals surface area contributed by atoms with Crippen molar-refractivity contribution >= 4 is 33.5 Å². The fourth-order valence-electron chi connectivity index (χ4n) is 1.77. The van der Waals surface area contributed by atoms with E-state index in [4.69, 9.17) is 5.11 Å². The molecule has 0 aliphatic carbocycles. The summed E-state index contributed by atoms with van der Waals surface area (Å²) in [7, 11) is 0. The topological polar surface area (TPSA) is 86.6 Å². The Kier molecular flexibility index (Phi) is 4.28. The van der Waals surface area contributed by atoms with Gasteiger partial charge in [0, 0.05) is 15.7 Å². The molecular formula is C15H12BrNO4. The molecule has 0 saturated heterocycles. The summed E-state index contributed by atoms with van der Waals surface area (Å²) in [6.45, 7) is 1.69. The predicted octanol–water partition coefficient (Wildman–Crippen LogP) is 3.41. The maximum absolute atomic E-state index is 12.1. The molecular weight excluding hydrogens is 338 g/mol. The first-order valence-electron chi connectivity index (χ1n) is 6.02. The van der Waals surface area contributed by atoms with E-state index in [9.17, 15) is 14.7 Å². The molecule has 0 saturated carbocycles. The lowest BCUT2D eigenvalue weighted by molar-refractivity contribution is 0.0695. The molecule has 0 bridgehead atoms. The number of aromatic hydroxyl groups is 1. The maximum atomic E-state index is 12.1. The van der Waals surface area contributed by atoms with Crippen LogP contribution in [0.1, 0.15) is 26.3 Å². The molecule has 0 radical (unpaired) electrons. The number of rotatable bonds is 3. The van der Waals surface area contributed by atoms with Gasteiger partial charge in [-0.3, -0.25) is 4.79 Å². The van der Waals surface area contributed by atoms with Gasteiger partial charge < -0.3 is 15.5 Å². The fourth-order valence-corrected chi connectivity index (χ4v) is 2.18. The van der Waals surface area contributed by atoms with Crippen LogP contribution in [0.5, 0.6) is 5.75 Å². The molecule has 0 aromatic heterocycles. The zero-order valence-electron chi connectivity index (χ0n) is 11.1. The van der Waals surface area contributed by atoms with Crippen LogP contribution in [0.2, 0.25) is 0 Å². The van der Waals surface area contributed by atoms with Gasteiger partial charge in [-0.25, -0.2) is 4.79 Å². The molecule has 1 amide bonds. The van der Waals surface area contributed by atoms with Crippen LogP contribution < -0.4 is 5.32 Å². The molecule has 3 N–H and O–H groups in total. The predicted molar refractivity (Wildman–Crippen MR) is 81.9 cm³/mol. The molecule has 5 nitrogen and oxygen atoms in total. The molecule has 108 valence electrons. The first-order chi connectivity index (χ1) is 9.88. The molecule has 0 atom stereocenters. The van der Waals surface area contributed by atoms with Gasteiger partial charge in [0.2, 0.25) is 0 Å². The highest BCUT2D eigenvalue weighted by Crippen LogP contribution is 2.22. The molecule has 0 aliphatic heterocycles. The lowest BCUT2D eigenvalue weighted by atomic mass is 10.1. The van der Waals surface area contributed by atoms with Crippen molar-refractivity contribution < 1.29 is 19.8 Å². The van der Waals surface area contributed by atoms with E-state index >= 15 is 0 Å². The quantitative estimate of drug-likeness (QED) is 0.792. The summed E-state index contributed by atoms with van der Waals surface area (Å²) in [4.78, 5) is 23.1. The summed E-state index contributed by atoms with van der Waals surface area (Å²) in [5.74, 6) is -1.35. The van der Waals surface area contributed by atoms with Gasteiger partial charge in [0.1, 0.15) is 5.75 Å². The van der Waals surface area contributed by atoms with Gasteiger partial charge in [0.05, 0.1) is 5.56 Å². The summed E-state index contributed by atoms with van der Waals surface area (Å²) in [5.41, 5.74) is 1.41. The van der Waals surface area contributed by atoms with Crippen molar-refractivity contribution in [3.8, 4) is 5.75 Å². The summed E-state index contributed by atoms with van der Waals surface area (Å²) in [5, 5.41) is 21.1. The average Bonchev–Trinajstić information content (AvgIpc) is 2.43. The highest BCUT2D eigenvalue weighted by atomic mass is 79.9. The van der Waals surface area contributed by atoms with E-state index in [2.05, 4.69) is 21.2 Å². The summed E-state index contributed by atoms with van der Waals surface area (Å²) >= 11 is 3.14. The van der Waals surface area contributed by atoms with Gasteiger partial charge in [-0.2, -0.15) is 0 Å². The van der Waals surface area contributed by atoms with Gasteiger partial charge in [-0.05, 0) is 64.8 Å². The minimum atomic E-state index is -1.08. The zero-order valence-corrected chi connectivity index (χ0v) is 12.6. The summed E-state index contributed by atoms with van der Waals surface area (Å²) in [6.07, 6.45) is 0. The SMILES string of the molecule is Cc1cc(C(=O)Nc2ccc(Br)c(C(=O)O)c2)ccc1O. The van der Waals surface area contributed by atoms with Gasteiger partial charge >= 0.3 is 5.97 Å². The number of hydrogen-bond donors (Lipinski definition) is 3. The number of halogens is 1. The number of anilines is 1. The number of hydrogen-bond acceptors (Lipinski definition) is 3. The number of carbonyl (C=O) groups is 2. The van der Waals surface area contributed by atoms with E-state index in [1.807, 2.05) is 0 Å². The molecule has 2 aromatic carbocycles. The van der Waals surface area contributed by atoms with Gasteiger partial charge in [0.15, 0.2) is 0 Å². The monoisotopic (exact) mass is 349 g/mol. The Labute approximate surface area is 129 Å². The van der Waals surface area contributed by atoms with E-state index in [-0.39, 0.29) is 17.2 Å². The summed E-state index contributed by atoms with van der Waals surface area (Å²) in [6, 6.07) is 9.02. The van der Waals surface area contributed by atoms with Crippen molar-refractivity contribution in [1.29, 1.82) is 0 Å². The van der Waals surface area contributed by atoms with Crippen molar-refractivity contribution in [3.05, 3.63) is 57.6 Å². The first kappa shape index (κ1) is 15.1. The molecule has 0 heterocycles. The highest BCUT2D eigenvalue weighted by Gasteiger charge is 2.12. The highest BCUT2D eigenvalue weighted by molar-refractivity contribution is 9.10. The molecule has 6 heteroatoms. The number of nitrogens with one attached hydrogen (secondary N) is 1. The van der Waals surface area contributed by atoms with Crippen LogP contribution >= 0.6 is 15.9 Å². The van der Waals surface area contributed by atoms with Crippen molar-refractivity contribution in [2.45, 2.75) is 6.92 Å². The minimum Gasteiger partial charge on any atom is -0.508 e. The minimum absolute atomic E-state index is 0.0645. The zero-order chi connectivity index (χ0) is 15.6. The molecule has 0 unspecified atom stereocenters. The number of phenolic OH excluding ortho intramolecular Hbond substituents is 1. The van der Waals surface area contributed by atoms with Crippen molar-refractivity contribution in [1.82, 2.24) is 0 Å². The van der Waals surface area contributed by atoms with E-state index in [1.165, 1.54) is 18.2 Å². The van der Waals surface area contributed by atoms with Gasteiger partial charge in [-0.15, -0.1) is 0 Å². The largest absolute Gasteiger partial charge is 0.508 e. The molecule has 0 fully saturated rings. The van der Waals surface area contributed by atoms with Crippen LogP contribution in [0.4, 0.5) is 5.69 Å². The summed E-state index contributed by atoms with van der Waals surface area (Å²) < 4.78 is 0.438. The van der Waals surface area contributed by atoms with Crippen LogP contribution in [0.25, 0.3) is 0 Å². The van der Waals surface area contributed by atoms with Gasteiger partial charge in [-0.1, -0.05) is 0 Å². The van der Waals surface area contributed by atoms with Crippen molar-refractivity contribution in [2.75, 3.05) is 5.32 Å². The van der Waals surface area contributed by atoms with Crippen LogP contribution in [0.3, 0.4) is 0 Å². The molecule has 2 aromatic rings. The smallest absolute Gasteiger partial charge is 0.336 e. The Balaban J connectivity index is 2.25. The van der Waals surface area contributed by atoms with Crippen LogP contribution in [0, 0.1) is 6.92 Å².